The summed E-state index contributed by atoms with van der Waals surface area (Å²) >= 11 is 0. The molecular weight excluding hydrogens is 269 g/mol. The summed E-state index contributed by atoms with van der Waals surface area (Å²) in [5, 5.41) is 0. The second-order valence-corrected chi connectivity index (χ2v) is 4.87. The van der Waals surface area contributed by atoms with Crippen molar-refractivity contribution in [2.75, 3.05) is 6.61 Å². The third-order valence-electron chi connectivity index (χ3n) is 3.42. The van der Waals surface area contributed by atoms with E-state index in [1.54, 1.807) is 13.8 Å². The highest BCUT2D eigenvalue weighted by Gasteiger charge is 2.35. The van der Waals surface area contributed by atoms with Crippen LogP contribution < -0.4 is 0 Å². The second-order valence-electron chi connectivity index (χ2n) is 4.87. The van der Waals surface area contributed by atoms with Crippen molar-refractivity contribution in [1.82, 2.24) is 0 Å². The molecule has 0 heterocycles. The van der Waals surface area contributed by atoms with Gasteiger partial charge in [0.2, 0.25) is 0 Å². The van der Waals surface area contributed by atoms with E-state index in [1.165, 1.54) is 13.0 Å². The van der Waals surface area contributed by atoms with Crippen molar-refractivity contribution in [3.63, 3.8) is 0 Å². The van der Waals surface area contributed by atoms with Gasteiger partial charge in [-0.25, -0.2) is 0 Å². The van der Waals surface area contributed by atoms with Gasteiger partial charge in [-0.15, -0.1) is 0 Å². The largest absolute Gasteiger partial charge is 0.416 e. The van der Waals surface area contributed by atoms with Gasteiger partial charge in [0.1, 0.15) is 5.60 Å². The van der Waals surface area contributed by atoms with Gasteiger partial charge in [-0.2, -0.15) is 13.2 Å². The number of halogens is 3. The van der Waals surface area contributed by atoms with Gasteiger partial charge in [0.05, 0.1) is 5.56 Å². The van der Waals surface area contributed by atoms with E-state index >= 15 is 0 Å². The lowest BCUT2D eigenvalue weighted by Crippen LogP contribution is -2.38. The highest BCUT2D eigenvalue weighted by molar-refractivity contribution is 6.03. The van der Waals surface area contributed by atoms with E-state index in [4.69, 9.17) is 4.74 Å². The molecule has 1 rings (SSSR count). The minimum absolute atomic E-state index is 0.274. The van der Waals surface area contributed by atoms with Crippen LogP contribution in [0.15, 0.2) is 18.2 Å². The minimum Gasteiger partial charge on any atom is -0.367 e. The molecule has 0 amide bonds. The van der Waals surface area contributed by atoms with Crippen LogP contribution in [0.3, 0.4) is 0 Å². The fourth-order valence-corrected chi connectivity index (χ4v) is 2.03. The molecular formula is C15H19F3O2. The van der Waals surface area contributed by atoms with Crippen molar-refractivity contribution >= 4 is 5.78 Å². The molecule has 0 aliphatic rings. The third kappa shape index (κ3) is 3.39. The second kappa shape index (κ2) is 5.95. The van der Waals surface area contributed by atoms with E-state index in [0.29, 0.717) is 18.6 Å². The first-order valence-electron chi connectivity index (χ1n) is 6.52. The first-order chi connectivity index (χ1) is 9.15. The van der Waals surface area contributed by atoms with Crippen molar-refractivity contribution in [3.05, 3.63) is 34.9 Å². The summed E-state index contributed by atoms with van der Waals surface area (Å²) in [6, 6.07) is 3.16. The average Bonchev–Trinajstić information content (AvgIpc) is 2.37. The number of alkyl halides is 3. The van der Waals surface area contributed by atoms with Crippen molar-refractivity contribution in [2.24, 2.45) is 0 Å². The number of rotatable bonds is 5. The van der Waals surface area contributed by atoms with E-state index in [1.807, 2.05) is 6.92 Å². The lowest BCUT2D eigenvalue weighted by Gasteiger charge is -2.27. The maximum atomic E-state index is 12.6. The summed E-state index contributed by atoms with van der Waals surface area (Å²) in [6.45, 7) is 7.13. The molecule has 5 heteroatoms. The Morgan fingerprint density at radius 2 is 1.85 bits per heavy atom. The first kappa shape index (κ1) is 16.7. The quantitative estimate of drug-likeness (QED) is 0.751. The van der Waals surface area contributed by atoms with Crippen molar-refractivity contribution in [2.45, 2.75) is 45.9 Å². The van der Waals surface area contributed by atoms with Crippen LogP contribution in [0.1, 0.15) is 48.7 Å². The Balaban J connectivity index is 3.18. The molecule has 112 valence electrons. The maximum Gasteiger partial charge on any atom is 0.416 e. The topological polar surface area (TPSA) is 26.3 Å². The van der Waals surface area contributed by atoms with Crippen LogP contribution >= 0.6 is 0 Å². The van der Waals surface area contributed by atoms with E-state index in [9.17, 15) is 18.0 Å². The summed E-state index contributed by atoms with van der Waals surface area (Å²) in [5.74, 6) is -0.284. The van der Waals surface area contributed by atoms with Gasteiger partial charge in [0.15, 0.2) is 5.78 Å². The summed E-state index contributed by atoms with van der Waals surface area (Å²) in [6.07, 6.45) is -3.94. The van der Waals surface area contributed by atoms with Crippen LogP contribution in [0.4, 0.5) is 13.2 Å². The zero-order chi connectivity index (χ0) is 15.6. The Hall–Kier alpha value is -1.36. The molecule has 0 bridgehead atoms. The summed E-state index contributed by atoms with van der Waals surface area (Å²) in [5.41, 5.74) is -1.17. The molecule has 0 saturated heterocycles. The number of ether oxygens (including phenoxy) is 1. The molecule has 0 spiro atoms. The van der Waals surface area contributed by atoms with Crippen LogP contribution in [0.2, 0.25) is 0 Å². The molecule has 0 fully saturated rings. The van der Waals surface area contributed by atoms with Gasteiger partial charge in [-0.1, -0.05) is 13.0 Å². The lowest BCUT2D eigenvalue weighted by atomic mass is 9.89. The Kier molecular flexibility index (Phi) is 4.97. The fourth-order valence-electron chi connectivity index (χ4n) is 2.03. The minimum atomic E-state index is -4.40. The van der Waals surface area contributed by atoms with Crippen LogP contribution in [0.5, 0.6) is 0 Å². The molecule has 1 aromatic rings. The van der Waals surface area contributed by atoms with Gasteiger partial charge in [0, 0.05) is 12.2 Å². The predicted molar refractivity (Wildman–Crippen MR) is 70.8 cm³/mol. The molecule has 0 aliphatic carbocycles. The SMILES string of the molecule is CCOC(C)(CC)C(=O)c1ccc(C(F)(F)F)cc1C. The van der Waals surface area contributed by atoms with E-state index in [0.717, 1.165) is 12.1 Å². The summed E-state index contributed by atoms with van der Waals surface area (Å²) < 4.78 is 43.3. The standard InChI is InChI=1S/C15H19F3O2/c1-5-14(4,20-6-2)13(19)12-8-7-11(9-10(12)3)15(16,17)18/h7-9H,5-6H2,1-4H3. The van der Waals surface area contributed by atoms with E-state index < -0.39 is 17.3 Å². The lowest BCUT2D eigenvalue weighted by molar-refractivity contribution is -0.137. The maximum absolute atomic E-state index is 12.6. The van der Waals surface area contributed by atoms with Crippen molar-refractivity contribution in [3.8, 4) is 0 Å². The Bertz CT molecular complexity index is 494. The number of benzene rings is 1. The van der Waals surface area contributed by atoms with Gasteiger partial charge in [-0.3, -0.25) is 4.79 Å². The molecule has 0 aliphatic heterocycles. The normalized spacial score (nSPS) is 14.9. The first-order valence-corrected chi connectivity index (χ1v) is 6.52. The van der Waals surface area contributed by atoms with Crippen LogP contribution in [0, 0.1) is 6.92 Å². The highest BCUT2D eigenvalue weighted by atomic mass is 19.4. The van der Waals surface area contributed by atoms with Gasteiger partial charge < -0.3 is 4.74 Å². The van der Waals surface area contributed by atoms with E-state index in [-0.39, 0.29) is 11.3 Å². The Morgan fingerprint density at radius 1 is 1.25 bits per heavy atom. The average molecular weight is 288 g/mol. The molecule has 1 unspecified atom stereocenters. The highest BCUT2D eigenvalue weighted by Crippen LogP contribution is 2.32. The predicted octanol–water partition coefficient (Wildman–Crippen LogP) is 4.40. The van der Waals surface area contributed by atoms with Gasteiger partial charge >= 0.3 is 6.18 Å². The monoisotopic (exact) mass is 288 g/mol. The van der Waals surface area contributed by atoms with Gasteiger partial charge in [0.25, 0.3) is 0 Å². The number of carbonyl (C=O) groups is 1. The van der Waals surface area contributed by atoms with Crippen LogP contribution in [-0.2, 0) is 10.9 Å². The zero-order valence-electron chi connectivity index (χ0n) is 12.1. The number of carbonyl (C=O) groups excluding carboxylic acids is 1. The van der Waals surface area contributed by atoms with Crippen molar-refractivity contribution in [1.29, 1.82) is 0 Å². The molecule has 1 atom stereocenters. The van der Waals surface area contributed by atoms with Crippen LogP contribution in [0.25, 0.3) is 0 Å². The molecule has 20 heavy (non-hydrogen) atoms. The molecule has 0 saturated carbocycles. The molecule has 0 N–H and O–H groups in total. The molecule has 1 aromatic carbocycles. The number of hydrogen-bond acceptors (Lipinski definition) is 2. The summed E-state index contributed by atoms with van der Waals surface area (Å²) in [4.78, 5) is 12.5. The fraction of sp³-hybridized carbons (Fsp3) is 0.533. The molecule has 0 aromatic heterocycles. The Morgan fingerprint density at radius 3 is 2.25 bits per heavy atom. The summed E-state index contributed by atoms with van der Waals surface area (Å²) in [7, 11) is 0. The Labute approximate surface area is 116 Å². The van der Waals surface area contributed by atoms with Crippen LogP contribution in [-0.4, -0.2) is 18.0 Å². The van der Waals surface area contributed by atoms with Crippen molar-refractivity contribution < 1.29 is 22.7 Å². The number of Topliss-reactive ketones (excluding diaryl/α,β-unsaturated/α-hetero) is 1. The number of ketones is 1. The smallest absolute Gasteiger partial charge is 0.367 e. The van der Waals surface area contributed by atoms with E-state index in [2.05, 4.69) is 0 Å². The zero-order valence-corrected chi connectivity index (χ0v) is 12.1. The number of aryl methyl sites for hydroxylation is 1. The molecule has 2 nitrogen and oxygen atoms in total. The number of hydrogen-bond donors (Lipinski definition) is 0. The van der Waals surface area contributed by atoms with Gasteiger partial charge in [-0.05, 0) is 44.9 Å². The molecule has 0 radical (unpaired) electrons. The third-order valence-corrected chi connectivity index (χ3v) is 3.42.